The summed E-state index contributed by atoms with van der Waals surface area (Å²) >= 11 is 0. The second-order valence-electron chi connectivity index (χ2n) is 5.77. The highest BCUT2D eigenvalue weighted by molar-refractivity contribution is 5.96. The van der Waals surface area contributed by atoms with E-state index in [2.05, 4.69) is 60.4 Å². The van der Waals surface area contributed by atoms with Gasteiger partial charge in [0.1, 0.15) is 0 Å². The molecule has 0 bridgehead atoms. The highest BCUT2D eigenvalue weighted by atomic mass is 14.6. The molecule has 4 rings (SSSR count). The number of nitrogens with zero attached hydrogens (tertiary/aromatic N) is 1. The minimum absolute atomic E-state index is 1.14. The maximum Gasteiger partial charge on any atom is 0.0346 e. The van der Waals surface area contributed by atoms with E-state index < -0.39 is 0 Å². The second kappa shape index (κ2) is 4.85. The third-order valence-corrected chi connectivity index (χ3v) is 4.31. The Hall–Kier alpha value is -2.41. The first kappa shape index (κ1) is 12.3. The molecule has 0 spiro atoms. The normalized spacial score (nSPS) is 15.6. The molecule has 1 aliphatic rings. The van der Waals surface area contributed by atoms with Crippen molar-refractivity contribution in [2.24, 2.45) is 0 Å². The average molecular weight is 271 g/mol. The van der Waals surface area contributed by atoms with Crippen LogP contribution in [0.25, 0.3) is 22.4 Å². The van der Waals surface area contributed by atoms with Crippen LogP contribution in [0.2, 0.25) is 0 Å². The fourth-order valence-electron chi connectivity index (χ4n) is 3.26. The van der Waals surface area contributed by atoms with Crippen molar-refractivity contribution >= 4 is 22.4 Å². The first-order valence-corrected chi connectivity index (χ1v) is 7.44. The molecule has 0 amide bonds. The lowest BCUT2D eigenvalue weighted by Crippen LogP contribution is -1.84. The van der Waals surface area contributed by atoms with Crippen LogP contribution >= 0.6 is 0 Å². The number of pyridine rings is 1. The molecule has 0 N–H and O–H groups in total. The molecule has 3 aromatic rings. The quantitative estimate of drug-likeness (QED) is 0.605. The third kappa shape index (κ3) is 2.15. The summed E-state index contributed by atoms with van der Waals surface area (Å²) in [7, 11) is 0. The van der Waals surface area contributed by atoms with E-state index in [1.807, 2.05) is 12.4 Å². The molecule has 102 valence electrons. The van der Waals surface area contributed by atoms with Gasteiger partial charge in [-0.2, -0.15) is 0 Å². The van der Waals surface area contributed by atoms with E-state index in [1.165, 1.54) is 38.6 Å². The van der Waals surface area contributed by atoms with Gasteiger partial charge in [-0.15, -0.1) is 0 Å². The minimum atomic E-state index is 1.14. The lowest BCUT2D eigenvalue weighted by molar-refractivity contribution is 1.08. The molecule has 1 heteroatoms. The van der Waals surface area contributed by atoms with Gasteiger partial charge in [0.25, 0.3) is 0 Å². The Kier molecular flexibility index (Phi) is 2.85. The molecule has 21 heavy (non-hydrogen) atoms. The van der Waals surface area contributed by atoms with Crippen molar-refractivity contribution in [2.45, 2.75) is 19.8 Å². The summed E-state index contributed by atoms with van der Waals surface area (Å²) in [4.78, 5) is 4.21. The molecule has 1 aliphatic carbocycles. The molecular formula is C20H17N. The maximum atomic E-state index is 4.21. The van der Waals surface area contributed by atoms with Crippen LogP contribution in [0.5, 0.6) is 0 Å². The van der Waals surface area contributed by atoms with E-state index >= 15 is 0 Å². The van der Waals surface area contributed by atoms with Gasteiger partial charge in [-0.05, 0) is 53.5 Å². The zero-order valence-corrected chi connectivity index (χ0v) is 12.1. The Morgan fingerprint density at radius 1 is 1.05 bits per heavy atom. The second-order valence-corrected chi connectivity index (χ2v) is 5.77. The number of hydrogen-bond donors (Lipinski definition) is 0. The fraction of sp³-hybridized carbons (Fsp3) is 0.150. The number of benzene rings is 2. The van der Waals surface area contributed by atoms with Gasteiger partial charge in [-0.25, -0.2) is 0 Å². The van der Waals surface area contributed by atoms with Crippen molar-refractivity contribution in [3.63, 3.8) is 0 Å². The van der Waals surface area contributed by atoms with E-state index in [-0.39, 0.29) is 0 Å². The number of fused-ring (bicyclic) bond motifs is 2. The van der Waals surface area contributed by atoms with Crippen LogP contribution in [0.3, 0.4) is 0 Å². The summed E-state index contributed by atoms with van der Waals surface area (Å²) in [5.41, 5.74) is 7.01. The Morgan fingerprint density at radius 2 is 2.00 bits per heavy atom. The first-order chi connectivity index (χ1) is 10.3. The Morgan fingerprint density at radius 3 is 2.95 bits per heavy atom. The van der Waals surface area contributed by atoms with Crippen molar-refractivity contribution in [3.05, 3.63) is 77.1 Å². The van der Waals surface area contributed by atoms with Crippen LogP contribution in [0, 0.1) is 6.92 Å². The largest absolute Gasteiger partial charge is 0.264 e. The summed E-state index contributed by atoms with van der Waals surface area (Å²) in [6, 6.07) is 15.3. The molecule has 0 atom stereocenters. The number of allylic oxidation sites excluding steroid dienone is 1. The van der Waals surface area contributed by atoms with Gasteiger partial charge in [-0.1, -0.05) is 48.0 Å². The Balaban J connectivity index is 1.86. The number of aryl methyl sites for hydroxylation is 2. The van der Waals surface area contributed by atoms with Crippen LogP contribution in [-0.2, 0) is 6.42 Å². The van der Waals surface area contributed by atoms with Crippen LogP contribution in [-0.4, -0.2) is 4.98 Å². The lowest BCUT2D eigenvalue weighted by Gasteiger charge is -2.05. The SMILES string of the molecule is Cc1ccc2c(c1)CCC2=Cc1cccc2cnccc12. The summed E-state index contributed by atoms with van der Waals surface area (Å²) in [5.74, 6) is 0. The molecule has 2 aromatic carbocycles. The first-order valence-electron chi connectivity index (χ1n) is 7.44. The smallest absolute Gasteiger partial charge is 0.0346 e. The highest BCUT2D eigenvalue weighted by Crippen LogP contribution is 2.35. The maximum absolute atomic E-state index is 4.21. The van der Waals surface area contributed by atoms with E-state index in [0.717, 1.165) is 12.8 Å². The average Bonchev–Trinajstić information content (AvgIpc) is 2.90. The molecule has 0 aliphatic heterocycles. The molecule has 0 saturated heterocycles. The predicted octanol–water partition coefficient (Wildman–Crippen LogP) is 5.03. The molecule has 0 fully saturated rings. The number of rotatable bonds is 1. The van der Waals surface area contributed by atoms with Gasteiger partial charge < -0.3 is 0 Å². The molecule has 1 aromatic heterocycles. The van der Waals surface area contributed by atoms with Crippen molar-refractivity contribution in [3.8, 4) is 0 Å². The highest BCUT2D eigenvalue weighted by Gasteiger charge is 2.16. The minimum Gasteiger partial charge on any atom is -0.264 e. The van der Waals surface area contributed by atoms with Gasteiger partial charge in [0.2, 0.25) is 0 Å². The predicted molar refractivity (Wildman–Crippen MR) is 89.1 cm³/mol. The van der Waals surface area contributed by atoms with E-state index in [0.29, 0.717) is 0 Å². The summed E-state index contributed by atoms with van der Waals surface area (Å²) in [5, 5.41) is 2.48. The lowest BCUT2D eigenvalue weighted by atomic mass is 10.0. The molecule has 0 unspecified atom stereocenters. The summed E-state index contributed by atoms with van der Waals surface area (Å²) in [6.45, 7) is 2.17. The number of aromatic nitrogens is 1. The number of hydrogen-bond acceptors (Lipinski definition) is 1. The third-order valence-electron chi connectivity index (χ3n) is 4.31. The molecule has 1 heterocycles. The van der Waals surface area contributed by atoms with Gasteiger partial charge in [-0.3, -0.25) is 4.98 Å². The van der Waals surface area contributed by atoms with Gasteiger partial charge in [0, 0.05) is 17.8 Å². The van der Waals surface area contributed by atoms with Gasteiger partial charge >= 0.3 is 0 Å². The monoisotopic (exact) mass is 271 g/mol. The van der Waals surface area contributed by atoms with Crippen molar-refractivity contribution in [2.75, 3.05) is 0 Å². The van der Waals surface area contributed by atoms with Crippen molar-refractivity contribution in [1.29, 1.82) is 0 Å². The zero-order valence-electron chi connectivity index (χ0n) is 12.1. The summed E-state index contributed by atoms with van der Waals surface area (Å²) < 4.78 is 0. The Labute approximate surface area is 125 Å². The van der Waals surface area contributed by atoms with Crippen molar-refractivity contribution < 1.29 is 0 Å². The van der Waals surface area contributed by atoms with Crippen LogP contribution in [0.4, 0.5) is 0 Å². The van der Waals surface area contributed by atoms with Crippen LogP contribution in [0.15, 0.2) is 54.9 Å². The van der Waals surface area contributed by atoms with E-state index in [9.17, 15) is 0 Å². The van der Waals surface area contributed by atoms with E-state index in [1.54, 1.807) is 0 Å². The van der Waals surface area contributed by atoms with Gasteiger partial charge in [0.15, 0.2) is 0 Å². The standard InChI is InChI=1S/C20H17N/c1-14-5-8-19-16(11-14)6-7-17(19)12-15-3-2-4-18-13-21-10-9-20(15)18/h2-5,8-13H,6-7H2,1H3. The molecule has 1 nitrogen and oxygen atoms in total. The Bertz CT molecular complexity index is 853. The topological polar surface area (TPSA) is 12.9 Å². The van der Waals surface area contributed by atoms with Crippen molar-refractivity contribution in [1.82, 2.24) is 4.98 Å². The molecular weight excluding hydrogens is 254 g/mol. The van der Waals surface area contributed by atoms with Gasteiger partial charge in [0.05, 0.1) is 0 Å². The molecule has 0 saturated carbocycles. The van der Waals surface area contributed by atoms with Crippen LogP contribution < -0.4 is 0 Å². The summed E-state index contributed by atoms with van der Waals surface area (Å²) in [6.07, 6.45) is 8.46. The fourth-order valence-corrected chi connectivity index (χ4v) is 3.26. The van der Waals surface area contributed by atoms with E-state index in [4.69, 9.17) is 0 Å². The zero-order chi connectivity index (χ0) is 14.2. The van der Waals surface area contributed by atoms with Crippen LogP contribution in [0.1, 0.15) is 28.7 Å². The molecule has 0 radical (unpaired) electrons.